The fourth-order valence-electron chi connectivity index (χ4n) is 4.55. The van der Waals surface area contributed by atoms with Gasteiger partial charge < -0.3 is 19.5 Å². The first-order chi connectivity index (χ1) is 15.1. The Balaban J connectivity index is 1.51. The van der Waals surface area contributed by atoms with E-state index in [4.69, 9.17) is 9.47 Å². The molecule has 2 atom stereocenters. The first-order valence-electron chi connectivity index (χ1n) is 11.3. The second-order valence-corrected chi connectivity index (χ2v) is 9.71. The summed E-state index contributed by atoms with van der Waals surface area (Å²) >= 11 is 0. The number of aliphatic carboxylic acids is 1. The van der Waals surface area contributed by atoms with Crippen molar-refractivity contribution >= 4 is 18.2 Å². The molecule has 1 aromatic carbocycles. The number of ether oxygens (including phenoxy) is 2. The highest BCUT2D eigenvalue weighted by Gasteiger charge is 2.43. The quantitative estimate of drug-likeness (QED) is 0.730. The summed E-state index contributed by atoms with van der Waals surface area (Å²) in [5, 5.41) is 9.82. The van der Waals surface area contributed by atoms with Crippen molar-refractivity contribution < 1.29 is 29.0 Å². The fraction of sp³-hybridized carbons (Fsp3) is 0.625. The number of benzene rings is 1. The average Bonchev–Trinajstić information content (AvgIpc) is 3.16. The smallest absolute Gasteiger partial charge is 0.410 e. The first-order valence-corrected chi connectivity index (χ1v) is 11.3. The van der Waals surface area contributed by atoms with E-state index in [1.807, 2.05) is 51.1 Å². The highest BCUT2D eigenvalue weighted by molar-refractivity contribution is 5.81. The Kier molecular flexibility index (Phi) is 7.64. The van der Waals surface area contributed by atoms with Gasteiger partial charge in [-0.15, -0.1) is 0 Å². The Labute approximate surface area is 189 Å². The van der Waals surface area contributed by atoms with Crippen LogP contribution in [0.5, 0.6) is 0 Å². The van der Waals surface area contributed by atoms with Crippen LogP contribution in [0.2, 0.25) is 0 Å². The van der Waals surface area contributed by atoms with Crippen molar-refractivity contribution in [2.24, 2.45) is 11.8 Å². The van der Waals surface area contributed by atoms with Gasteiger partial charge in [-0.1, -0.05) is 30.3 Å². The molecule has 0 unspecified atom stereocenters. The van der Waals surface area contributed by atoms with Gasteiger partial charge in [0.05, 0.1) is 0 Å². The van der Waals surface area contributed by atoms with E-state index in [1.54, 1.807) is 4.90 Å². The van der Waals surface area contributed by atoms with Crippen LogP contribution in [0.1, 0.15) is 52.0 Å². The lowest BCUT2D eigenvalue weighted by Gasteiger charge is -2.35. The largest absolute Gasteiger partial charge is 0.480 e. The maximum absolute atomic E-state index is 12.6. The Hall–Kier alpha value is -2.77. The summed E-state index contributed by atoms with van der Waals surface area (Å²) in [6.07, 6.45) is 2.10. The maximum Gasteiger partial charge on any atom is 0.410 e. The van der Waals surface area contributed by atoms with Gasteiger partial charge in [-0.2, -0.15) is 0 Å². The van der Waals surface area contributed by atoms with E-state index >= 15 is 0 Å². The lowest BCUT2D eigenvalue weighted by atomic mass is 9.84. The summed E-state index contributed by atoms with van der Waals surface area (Å²) < 4.78 is 10.8. The molecule has 0 aromatic heterocycles. The summed E-state index contributed by atoms with van der Waals surface area (Å²) in [5.74, 6) is -0.786. The number of amides is 2. The second kappa shape index (κ2) is 10.2. The summed E-state index contributed by atoms with van der Waals surface area (Å²) in [4.78, 5) is 39.9. The molecule has 8 heteroatoms. The maximum atomic E-state index is 12.6. The van der Waals surface area contributed by atoms with Crippen molar-refractivity contribution in [2.45, 2.75) is 64.7 Å². The van der Waals surface area contributed by atoms with Crippen LogP contribution in [0.15, 0.2) is 30.3 Å². The number of carbonyl (C=O) groups excluding carboxylic acids is 2. The van der Waals surface area contributed by atoms with E-state index < -0.39 is 23.7 Å². The molecule has 32 heavy (non-hydrogen) atoms. The van der Waals surface area contributed by atoms with E-state index in [0.717, 1.165) is 24.8 Å². The molecule has 2 aliphatic heterocycles. The Morgan fingerprint density at radius 2 is 1.66 bits per heavy atom. The summed E-state index contributed by atoms with van der Waals surface area (Å²) in [6.45, 7) is 7.25. The van der Waals surface area contributed by atoms with Gasteiger partial charge in [0.1, 0.15) is 18.2 Å². The minimum Gasteiger partial charge on any atom is -0.480 e. The van der Waals surface area contributed by atoms with Crippen LogP contribution in [-0.2, 0) is 20.9 Å². The molecule has 0 aliphatic carbocycles. The van der Waals surface area contributed by atoms with Gasteiger partial charge in [0, 0.05) is 19.6 Å². The van der Waals surface area contributed by atoms with E-state index in [9.17, 15) is 19.5 Å². The molecule has 0 radical (unpaired) electrons. The number of carbonyl (C=O) groups is 3. The lowest BCUT2D eigenvalue weighted by Crippen LogP contribution is -2.45. The van der Waals surface area contributed by atoms with E-state index in [-0.39, 0.29) is 18.6 Å². The number of rotatable bonds is 5. The van der Waals surface area contributed by atoms with Crippen LogP contribution in [-0.4, -0.2) is 64.3 Å². The van der Waals surface area contributed by atoms with Crippen LogP contribution in [0.3, 0.4) is 0 Å². The molecule has 2 heterocycles. The Morgan fingerprint density at radius 1 is 1.00 bits per heavy atom. The molecule has 2 fully saturated rings. The monoisotopic (exact) mass is 446 g/mol. The van der Waals surface area contributed by atoms with Gasteiger partial charge in [-0.3, -0.25) is 4.90 Å². The number of carboxylic acids is 1. The van der Waals surface area contributed by atoms with Crippen LogP contribution in [0.25, 0.3) is 0 Å². The van der Waals surface area contributed by atoms with Gasteiger partial charge in [-0.05, 0) is 63.9 Å². The van der Waals surface area contributed by atoms with Crippen molar-refractivity contribution in [3.8, 4) is 0 Å². The molecule has 176 valence electrons. The van der Waals surface area contributed by atoms with Gasteiger partial charge in [0.25, 0.3) is 0 Å². The van der Waals surface area contributed by atoms with Crippen LogP contribution < -0.4 is 0 Å². The molecular weight excluding hydrogens is 412 g/mol. The third kappa shape index (κ3) is 6.37. The minimum absolute atomic E-state index is 0.116. The predicted octanol–water partition coefficient (Wildman–Crippen LogP) is 4.14. The number of piperidine rings is 1. The number of carboxylic acid groups (broad SMARTS) is 1. The van der Waals surface area contributed by atoms with Gasteiger partial charge in [0.15, 0.2) is 0 Å². The zero-order chi connectivity index (χ0) is 23.3. The number of hydrogen-bond acceptors (Lipinski definition) is 5. The van der Waals surface area contributed by atoms with Crippen molar-refractivity contribution in [3.05, 3.63) is 35.9 Å². The van der Waals surface area contributed by atoms with Crippen molar-refractivity contribution in [1.29, 1.82) is 0 Å². The van der Waals surface area contributed by atoms with Gasteiger partial charge >= 0.3 is 18.2 Å². The molecule has 2 aliphatic rings. The lowest BCUT2D eigenvalue weighted by molar-refractivity contribution is -0.143. The zero-order valence-electron chi connectivity index (χ0n) is 19.2. The van der Waals surface area contributed by atoms with Crippen molar-refractivity contribution in [3.63, 3.8) is 0 Å². The Morgan fingerprint density at radius 3 is 2.25 bits per heavy atom. The number of hydrogen-bond donors (Lipinski definition) is 1. The standard InChI is InChI=1S/C24H34N2O6/c1-24(2,3)32-22(29)25-12-9-17(10-13-25)15-19-11-14-26(20(19)21(27)28)23(30)31-16-18-7-5-4-6-8-18/h4-8,17,19-20H,9-16H2,1-3H3,(H,27,28)/t19-,20-/m0/s1. The van der Waals surface area contributed by atoms with Gasteiger partial charge in [-0.25, -0.2) is 14.4 Å². The van der Waals surface area contributed by atoms with Crippen molar-refractivity contribution in [1.82, 2.24) is 9.80 Å². The van der Waals surface area contributed by atoms with E-state index in [2.05, 4.69) is 0 Å². The van der Waals surface area contributed by atoms with Crippen molar-refractivity contribution in [2.75, 3.05) is 19.6 Å². The van der Waals surface area contributed by atoms with Gasteiger partial charge in [0.2, 0.25) is 0 Å². The highest BCUT2D eigenvalue weighted by Crippen LogP contribution is 2.34. The molecule has 1 N–H and O–H groups in total. The third-order valence-corrected chi connectivity index (χ3v) is 6.12. The molecule has 8 nitrogen and oxygen atoms in total. The molecule has 1 aromatic rings. The van der Waals surface area contributed by atoms with Crippen LogP contribution >= 0.6 is 0 Å². The first kappa shape index (κ1) is 23.9. The number of likely N-dealkylation sites (tertiary alicyclic amines) is 2. The van der Waals surface area contributed by atoms with E-state index in [1.165, 1.54) is 4.90 Å². The predicted molar refractivity (Wildman–Crippen MR) is 118 cm³/mol. The molecule has 0 saturated carbocycles. The normalized spacial score (nSPS) is 22.0. The number of nitrogens with zero attached hydrogens (tertiary/aromatic N) is 2. The molecule has 0 bridgehead atoms. The van der Waals surface area contributed by atoms with Crippen LogP contribution in [0, 0.1) is 11.8 Å². The summed E-state index contributed by atoms with van der Waals surface area (Å²) in [5.41, 5.74) is 0.339. The fourth-order valence-corrected chi connectivity index (χ4v) is 4.55. The molecular formula is C24H34N2O6. The van der Waals surface area contributed by atoms with E-state index in [0.29, 0.717) is 32.0 Å². The highest BCUT2D eigenvalue weighted by atomic mass is 16.6. The summed E-state index contributed by atoms with van der Waals surface area (Å²) in [7, 11) is 0. The molecule has 2 saturated heterocycles. The summed E-state index contributed by atoms with van der Waals surface area (Å²) in [6, 6.07) is 8.46. The Bertz CT molecular complexity index is 798. The third-order valence-electron chi connectivity index (χ3n) is 6.12. The zero-order valence-corrected chi connectivity index (χ0v) is 19.2. The molecule has 0 spiro atoms. The second-order valence-electron chi connectivity index (χ2n) is 9.71. The average molecular weight is 447 g/mol. The minimum atomic E-state index is -0.990. The SMILES string of the molecule is CC(C)(C)OC(=O)N1CCC(C[C@@H]2CCN(C(=O)OCc3ccccc3)[C@@H]2C(=O)O)CC1. The molecule has 2 amide bonds. The molecule has 3 rings (SSSR count). The van der Waals surface area contributed by atoms with Crippen LogP contribution in [0.4, 0.5) is 9.59 Å². The topological polar surface area (TPSA) is 96.4 Å².